The minimum Gasteiger partial charge on any atom is -0.465 e. The van der Waals surface area contributed by atoms with Crippen molar-refractivity contribution in [3.63, 3.8) is 0 Å². The Bertz CT molecular complexity index is 638. The third kappa shape index (κ3) is 2.47. The Kier molecular flexibility index (Phi) is 3.86. The summed E-state index contributed by atoms with van der Waals surface area (Å²) in [5.41, 5.74) is 4.37. The van der Waals surface area contributed by atoms with Crippen LogP contribution >= 0.6 is 11.3 Å². The summed E-state index contributed by atoms with van der Waals surface area (Å²) in [6.07, 6.45) is 2.35. The molecule has 0 amide bonds. The van der Waals surface area contributed by atoms with E-state index >= 15 is 0 Å². The van der Waals surface area contributed by atoms with Crippen LogP contribution in [0.4, 0.5) is 0 Å². The SMILES string of the molecule is C=COc1ccc(-c2c(C)sc(C=O)c2C)cc1C. The summed E-state index contributed by atoms with van der Waals surface area (Å²) in [6, 6.07) is 6.03. The first-order valence-corrected chi connectivity index (χ1v) is 6.84. The first kappa shape index (κ1) is 13.6. The van der Waals surface area contributed by atoms with Crippen molar-refractivity contribution in [1.29, 1.82) is 0 Å². The van der Waals surface area contributed by atoms with Gasteiger partial charge in [-0.1, -0.05) is 12.6 Å². The third-order valence-corrected chi connectivity index (χ3v) is 4.27. The Labute approximate surface area is 117 Å². The van der Waals surface area contributed by atoms with E-state index < -0.39 is 0 Å². The fourth-order valence-electron chi connectivity index (χ4n) is 2.24. The highest BCUT2D eigenvalue weighted by molar-refractivity contribution is 7.14. The number of benzene rings is 1. The van der Waals surface area contributed by atoms with Gasteiger partial charge in [-0.05, 0) is 55.2 Å². The minimum atomic E-state index is 0.802. The number of aryl methyl sites for hydroxylation is 2. The second-order valence-corrected chi connectivity index (χ2v) is 5.66. The molecular weight excluding hydrogens is 256 g/mol. The summed E-state index contributed by atoms with van der Waals surface area (Å²) in [5.74, 6) is 0.805. The van der Waals surface area contributed by atoms with Gasteiger partial charge in [-0.2, -0.15) is 0 Å². The Morgan fingerprint density at radius 3 is 2.53 bits per heavy atom. The number of carbonyl (C=O) groups is 1. The summed E-state index contributed by atoms with van der Waals surface area (Å²) in [5, 5.41) is 0. The average molecular weight is 272 g/mol. The van der Waals surface area contributed by atoms with Crippen LogP contribution in [0.1, 0.15) is 25.7 Å². The first-order valence-electron chi connectivity index (χ1n) is 6.02. The molecular formula is C16H16O2S. The molecule has 1 aromatic carbocycles. The molecule has 2 aromatic rings. The molecule has 0 saturated heterocycles. The molecule has 0 bridgehead atoms. The fourth-order valence-corrected chi connectivity index (χ4v) is 3.25. The zero-order valence-electron chi connectivity index (χ0n) is 11.3. The molecule has 2 nitrogen and oxygen atoms in total. The van der Waals surface area contributed by atoms with Crippen LogP contribution in [0.5, 0.6) is 5.75 Å². The van der Waals surface area contributed by atoms with Crippen LogP contribution in [0, 0.1) is 20.8 Å². The van der Waals surface area contributed by atoms with Crippen LogP contribution in [0.2, 0.25) is 0 Å². The molecule has 19 heavy (non-hydrogen) atoms. The van der Waals surface area contributed by atoms with Gasteiger partial charge < -0.3 is 4.74 Å². The molecule has 0 spiro atoms. The summed E-state index contributed by atoms with van der Waals surface area (Å²) >= 11 is 1.54. The number of thiophene rings is 1. The predicted molar refractivity (Wildman–Crippen MR) is 80.2 cm³/mol. The minimum absolute atomic E-state index is 0.802. The molecule has 0 atom stereocenters. The highest BCUT2D eigenvalue weighted by Gasteiger charge is 2.14. The molecule has 2 rings (SSSR count). The molecule has 98 valence electrons. The molecule has 1 heterocycles. The van der Waals surface area contributed by atoms with E-state index in [0.717, 1.165) is 44.0 Å². The molecule has 0 radical (unpaired) electrons. The van der Waals surface area contributed by atoms with E-state index in [1.54, 1.807) is 11.3 Å². The van der Waals surface area contributed by atoms with Crippen molar-refractivity contribution in [3.8, 4) is 16.9 Å². The topological polar surface area (TPSA) is 26.3 Å². The number of aldehydes is 1. The number of hydrogen-bond acceptors (Lipinski definition) is 3. The lowest BCUT2D eigenvalue weighted by Gasteiger charge is -2.08. The Morgan fingerprint density at radius 2 is 2.00 bits per heavy atom. The van der Waals surface area contributed by atoms with Crippen LogP contribution in [-0.2, 0) is 0 Å². The van der Waals surface area contributed by atoms with Crippen molar-refractivity contribution >= 4 is 17.6 Å². The highest BCUT2D eigenvalue weighted by atomic mass is 32.1. The molecule has 0 aliphatic rings. The average Bonchev–Trinajstić information content (AvgIpc) is 2.67. The van der Waals surface area contributed by atoms with E-state index in [2.05, 4.69) is 12.6 Å². The molecule has 0 fully saturated rings. The van der Waals surface area contributed by atoms with Gasteiger partial charge >= 0.3 is 0 Å². The Hall–Kier alpha value is -1.87. The molecule has 1 aromatic heterocycles. The standard InChI is InChI=1S/C16H16O2S/c1-5-18-14-7-6-13(8-10(14)2)16-11(3)15(9-17)19-12(16)4/h5-9H,1H2,2-4H3. The lowest BCUT2D eigenvalue weighted by Crippen LogP contribution is -1.88. The van der Waals surface area contributed by atoms with Gasteiger partial charge in [-0.15, -0.1) is 11.3 Å². The second kappa shape index (κ2) is 5.41. The Balaban J connectivity index is 2.53. The van der Waals surface area contributed by atoms with E-state index in [9.17, 15) is 4.79 Å². The van der Waals surface area contributed by atoms with Crippen molar-refractivity contribution in [3.05, 3.63) is 51.9 Å². The van der Waals surface area contributed by atoms with Crippen LogP contribution in [0.3, 0.4) is 0 Å². The molecule has 0 N–H and O–H groups in total. The van der Waals surface area contributed by atoms with Crippen LogP contribution in [0.25, 0.3) is 11.1 Å². The summed E-state index contributed by atoms with van der Waals surface area (Å²) in [6.45, 7) is 9.60. The molecule has 0 aliphatic heterocycles. The van der Waals surface area contributed by atoms with E-state index in [4.69, 9.17) is 4.74 Å². The first-order chi connectivity index (χ1) is 9.08. The predicted octanol–water partition coefficient (Wildman–Crippen LogP) is 4.68. The van der Waals surface area contributed by atoms with Gasteiger partial charge in [0.2, 0.25) is 0 Å². The fraction of sp³-hybridized carbons (Fsp3) is 0.188. The Morgan fingerprint density at radius 1 is 1.26 bits per heavy atom. The lowest BCUT2D eigenvalue weighted by molar-refractivity contribution is 0.112. The van der Waals surface area contributed by atoms with Gasteiger partial charge in [-0.3, -0.25) is 4.79 Å². The molecule has 0 unspecified atom stereocenters. The van der Waals surface area contributed by atoms with Crippen molar-refractivity contribution in [2.24, 2.45) is 0 Å². The van der Waals surface area contributed by atoms with E-state index in [-0.39, 0.29) is 0 Å². The largest absolute Gasteiger partial charge is 0.465 e. The lowest BCUT2D eigenvalue weighted by atomic mass is 9.99. The summed E-state index contributed by atoms with van der Waals surface area (Å²) in [7, 11) is 0. The van der Waals surface area contributed by atoms with Crippen molar-refractivity contribution in [1.82, 2.24) is 0 Å². The number of hydrogen-bond donors (Lipinski definition) is 0. The number of carbonyl (C=O) groups excluding carboxylic acids is 1. The maximum atomic E-state index is 11.0. The smallest absolute Gasteiger partial charge is 0.160 e. The van der Waals surface area contributed by atoms with Crippen LogP contribution < -0.4 is 4.74 Å². The second-order valence-electron chi connectivity index (χ2n) is 4.41. The van der Waals surface area contributed by atoms with Crippen molar-refractivity contribution in [2.75, 3.05) is 0 Å². The van der Waals surface area contributed by atoms with E-state index in [1.807, 2.05) is 32.9 Å². The zero-order valence-corrected chi connectivity index (χ0v) is 12.1. The maximum absolute atomic E-state index is 11.0. The molecule has 3 heteroatoms. The maximum Gasteiger partial charge on any atom is 0.160 e. The van der Waals surface area contributed by atoms with Gasteiger partial charge in [0.25, 0.3) is 0 Å². The monoisotopic (exact) mass is 272 g/mol. The quantitative estimate of drug-likeness (QED) is 0.597. The highest BCUT2D eigenvalue weighted by Crippen LogP contribution is 2.36. The van der Waals surface area contributed by atoms with Crippen molar-refractivity contribution < 1.29 is 9.53 Å². The number of ether oxygens (including phenoxy) is 1. The summed E-state index contributed by atoms with van der Waals surface area (Å²) < 4.78 is 5.32. The van der Waals surface area contributed by atoms with Gasteiger partial charge in [0.05, 0.1) is 11.1 Å². The third-order valence-electron chi connectivity index (χ3n) is 3.14. The van der Waals surface area contributed by atoms with Gasteiger partial charge in [0, 0.05) is 4.88 Å². The van der Waals surface area contributed by atoms with Gasteiger partial charge in [-0.25, -0.2) is 0 Å². The van der Waals surface area contributed by atoms with Crippen LogP contribution in [0.15, 0.2) is 31.0 Å². The van der Waals surface area contributed by atoms with Gasteiger partial charge in [0.15, 0.2) is 6.29 Å². The molecule has 0 aliphatic carbocycles. The van der Waals surface area contributed by atoms with E-state index in [0.29, 0.717) is 0 Å². The van der Waals surface area contributed by atoms with Crippen molar-refractivity contribution in [2.45, 2.75) is 20.8 Å². The molecule has 0 saturated carbocycles. The van der Waals surface area contributed by atoms with E-state index in [1.165, 1.54) is 6.26 Å². The summed E-state index contributed by atoms with van der Waals surface area (Å²) in [4.78, 5) is 13.0. The van der Waals surface area contributed by atoms with Gasteiger partial charge in [0.1, 0.15) is 5.75 Å². The van der Waals surface area contributed by atoms with Crippen LogP contribution in [-0.4, -0.2) is 6.29 Å². The number of rotatable bonds is 4. The zero-order chi connectivity index (χ0) is 14.0. The normalized spacial score (nSPS) is 10.3.